The maximum atomic E-state index is 5.29. The zero-order chi connectivity index (χ0) is 15.0. The van der Waals surface area contributed by atoms with Crippen molar-refractivity contribution in [3.8, 4) is 5.75 Å². The van der Waals surface area contributed by atoms with Crippen LogP contribution in [0.1, 0.15) is 32.3 Å². The molecule has 3 heteroatoms. The molecule has 1 aromatic carbocycles. The summed E-state index contributed by atoms with van der Waals surface area (Å²) in [6.45, 7) is 7.73. The van der Waals surface area contributed by atoms with Crippen molar-refractivity contribution in [3.05, 3.63) is 29.8 Å². The van der Waals surface area contributed by atoms with Gasteiger partial charge in [0, 0.05) is 19.6 Å². The normalized spacial score (nSPS) is 11.9. The van der Waals surface area contributed by atoms with Gasteiger partial charge in [0.15, 0.2) is 0 Å². The minimum atomic E-state index is 0.363. The van der Waals surface area contributed by atoms with Crippen molar-refractivity contribution in [2.75, 3.05) is 34.3 Å². The van der Waals surface area contributed by atoms with E-state index in [0.717, 1.165) is 25.4 Å². The molecule has 1 aromatic rings. The molecule has 0 saturated carbocycles. The number of hydrogen-bond donors (Lipinski definition) is 1. The minimum absolute atomic E-state index is 0.363. The Morgan fingerprint density at radius 3 is 2.50 bits per heavy atom. The second-order valence-electron chi connectivity index (χ2n) is 5.76. The third-order valence-corrected chi connectivity index (χ3v) is 4.24. The Morgan fingerprint density at radius 2 is 1.95 bits per heavy atom. The lowest BCUT2D eigenvalue weighted by molar-refractivity contribution is 0.153. The zero-order valence-electron chi connectivity index (χ0n) is 13.7. The number of benzene rings is 1. The van der Waals surface area contributed by atoms with Crippen LogP contribution in [0.4, 0.5) is 0 Å². The van der Waals surface area contributed by atoms with Gasteiger partial charge in [-0.05, 0) is 50.0 Å². The fourth-order valence-corrected chi connectivity index (χ4v) is 2.87. The summed E-state index contributed by atoms with van der Waals surface area (Å²) in [5.41, 5.74) is 1.67. The summed E-state index contributed by atoms with van der Waals surface area (Å²) in [5.74, 6) is 0.934. The van der Waals surface area contributed by atoms with Crippen LogP contribution in [0.3, 0.4) is 0 Å². The first-order chi connectivity index (χ1) is 9.59. The van der Waals surface area contributed by atoms with Gasteiger partial charge in [-0.15, -0.1) is 0 Å². The molecule has 0 atom stereocenters. The molecule has 0 spiro atoms. The molecule has 0 aliphatic carbocycles. The summed E-state index contributed by atoms with van der Waals surface area (Å²) in [6.07, 6.45) is 2.40. The molecule has 0 aliphatic rings. The SMILES string of the molecule is CCC(CC)(CNC)CN(C)Cc1cccc(OC)c1. The highest BCUT2D eigenvalue weighted by Gasteiger charge is 2.26. The summed E-state index contributed by atoms with van der Waals surface area (Å²) in [6, 6.07) is 8.33. The van der Waals surface area contributed by atoms with Crippen molar-refractivity contribution in [3.63, 3.8) is 0 Å². The van der Waals surface area contributed by atoms with Gasteiger partial charge < -0.3 is 15.0 Å². The number of methoxy groups -OCH3 is 1. The first-order valence-corrected chi connectivity index (χ1v) is 7.55. The standard InChI is InChI=1S/C17H30N2O/c1-6-17(7-2,13-18-3)14-19(4)12-15-9-8-10-16(11-15)20-5/h8-11,18H,6-7,12-14H2,1-5H3. The summed E-state index contributed by atoms with van der Waals surface area (Å²) in [7, 11) is 5.96. The number of nitrogens with one attached hydrogen (secondary N) is 1. The fraction of sp³-hybridized carbons (Fsp3) is 0.647. The lowest BCUT2D eigenvalue weighted by Gasteiger charge is -2.35. The predicted molar refractivity (Wildman–Crippen MR) is 86.3 cm³/mol. The quantitative estimate of drug-likeness (QED) is 0.751. The molecule has 0 amide bonds. The van der Waals surface area contributed by atoms with E-state index in [0.29, 0.717) is 5.41 Å². The van der Waals surface area contributed by atoms with Gasteiger partial charge in [0.1, 0.15) is 5.75 Å². The van der Waals surface area contributed by atoms with Crippen molar-refractivity contribution in [2.24, 2.45) is 5.41 Å². The average Bonchev–Trinajstić information content (AvgIpc) is 2.46. The molecule has 1 rings (SSSR count). The Bertz CT molecular complexity index is 388. The summed E-state index contributed by atoms with van der Waals surface area (Å²) < 4.78 is 5.29. The number of rotatable bonds is 9. The Kier molecular flexibility index (Phi) is 7.03. The smallest absolute Gasteiger partial charge is 0.119 e. The Labute approximate surface area is 124 Å². The van der Waals surface area contributed by atoms with Gasteiger partial charge in [0.25, 0.3) is 0 Å². The average molecular weight is 278 g/mol. The van der Waals surface area contributed by atoms with Crippen molar-refractivity contribution in [1.82, 2.24) is 10.2 Å². The van der Waals surface area contributed by atoms with E-state index in [-0.39, 0.29) is 0 Å². The van der Waals surface area contributed by atoms with Crippen LogP contribution in [0.5, 0.6) is 5.75 Å². The number of hydrogen-bond acceptors (Lipinski definition) is 3. The van der Waals surface area contributed by atoms with E-state index in [1.165, 1.54) is 18.4 Å². The highest BCUT2D eigenvalue weighted by Crippen LogP contribution is 2.27. The number of ether oxygens (including phenoxy) is 1. The van der Waals surface area contributed by atoms with Crippen LogP contribution in [-0.4, -0.2) is 39.2 Å². The summed E-state index contributed by atoms with van der Waals surface area (Å²) in [5, 5.41) is 3.35. The zero-order valence-corrected chi connectivity index (χ0v) is 13.7. The molecule has 0 fully saturated rings. The van der Waals surface area contributed by atoms with Gasteiger partial charge in [-0.2, -0.15) is 0 Å². The van der Waals surface area contributed by atoms with Crippen molar-refractivity contribution in [1.29, 1.82) is 0 Å². The van der Waals surface area contributed by atoms with Crippen molar-refractivity contribution < 1.29 is 4.74 Å². The first-order valence-electron chi connectivity index (χ1n) is 7.55. The summed E-state index contributed by atoms with van der Waals surface area (Å²) >= 11 is 0. The van der Waals surface area contributed by atoms with E-state index in [1.807, 2.05) is 13.1 Å². The van der Waals surface area contributed by atoms with E-state index >= 15 is 0 Å². The molecule has 0 saturated heterocycles. The van der Waals surface area contributed by atoms with E-state index in [2.05, 4.69) is 49.3 Å². The van der Waals surface area contributed by atoms with E-state index < -0.39 is 0 Å². The van der Waals surface area contributed by atoms with E-state index in [4.69, 9.17) is 4.74 Å². The van der Waals surface area contributed by atoms with Crippen LogP contribution >= 0.6 is 0 Å². The fourth-order valence-electron chi connectivity index (χ4n) is 2.87. The lowest BCUT2D eigenvalue weighted by Crippen LogP contribution is -2.41. The second kappa shape index (κ2) is 8.28. The highest BCUT2D eigenvalue weighted by atomic mass is 16.5. The Hall–Kier alpha value is -1.06. The van der Waals surface area contributed by atoms with Crippen LogP contribution in [-0.2, 0) is 6.54 Å². The van der Waals surface area contributed by atoms with Gasteiger partial charge in [0.2, 0.25) is 0 Å². The van der Waals surface area contributed by atoms with Crippen LogP contribution in [0.2, 0.25) is 0 Å². The minimum Gasteiger partial charge on any atom is -0.497 e. The van der Waals surface area contributed by atoms with Crippen LogP contribution < -0.4 is 10.1 Å². The van der Waals surface area contributed by atoms with Gasteiger partial charge in [-0.3, -0.25) is 0 Å². The molecule has 0 heterocycles. The van der Waals surface area contributed by atoms with Crippen LogP contribution in [0, 0.1) is 5.41 Å². The van der Waals surface area contributed by atoms with Crippen molar-refractivity contribution >= 4 is 0 Å². The maximum absolute atomic E-state index is 5.29. The molecule has 3 nitrogen and oxygen atoms in total. The molecule has 0 aliphatic heterocycles. The Morgan fingerprint density at radius 1 is 1.25 bits per heavy atom. The van der Waals surface area contributed by atoms with Gasteiger partial charge in [-0.1, -0.05) is 26.0 Å². The third kappa shape index (κ3) is 4.80. The predicted octanol–water partition coefficient (Wildman–Crippen LogP) is 3.15. The van der Waals surface area contributed by atoms with Gasteiger partial charge >= 0.3 is 0 Å². The molecule has 0 bridgehead atoms. The maximum Gasteiger partial charge on any atom is 0.119 e. The molecule has 20 heavy (non-hydrogen) atoms. The molecular formula is C17H30N2O. The first kappa shape index (κ1) is 17.0. The number of nitrogens with zero attached hydrogens (tertiary/aromatic N) is 1. The monoisotopic (exact) mass is 278 g/mol. The lowest BCUT2D eigenvalue weighted by atomic mass is 9.81. The van der Waals surface area contributed by atoms with Crippen LogP contribution in [0.15, 0.2) is 24.3 Å². The topological polar surface area (TPSA) is 24.5 Å². The van der Waals surface area contributed by atoms with Crippen molar-refractivity contribution in [2.45, 2.75) is 33.2 Å². The van der Waals surface area contributed by atoms with E-state index in [1.54, 1.807) is 7.11 Å². The van der Waals surface area contributed by atoms with E-state index in [9.17, 15) is 0 Å². The Balaban J connectivity index is 2.67. The summed E-state index contributed by atoms with van der Waals surface area (Å²) in [4.78, 5) is 2.42. The molecule has 114 valence electrons. The molecular weight excluding hydrogens is 248 g/mol. The van der Waals surface area contributed by atoms with Gasteiger partial charge in [-0.25, -0.2) is 0 Å². The largest absolute Gasteiger partial charge is 0.497 e. The molecule has 0 unspecified atom stereocenters. The van der Waals surface area contributed by atoms with Crippen LogP contribution in [0.25, 0.3) is 0 Å². The second-order valence-corrected chi connectivity index (χ2v) is 5.76. The molecule has 0 aromatic heterocycles. The molecule has 1 N–H and O–H groups in total. The third-order valence-electron chi connectivity index (χ3n) is 4.24. The van der Waals surface area contributed by atoms with Gasteiger partial charge in [0.05, 0.1) is 7.11 Å². The molecule has 0 radical (unpaired) electrons. The highest BCUT2D eigenvalue weighted by molar-refractivity contribution is 5.28.